The van der Waals surface area contributed by atoms with Crippen LogP contribution in [-0.2, 0) is 0 Å². The van der Waals surface area contributed by atoms with Gasteiger partial charge in [0, 0.05) is 12.2 Å². The lowest BCUT2D eigenvalue weighted by atomic mass is 10.1. The van der Waals surface area contributed by atoms with Gasteiger partial charge < -0.3 is 25.7 Å². The van der Waals surface area contributed by atoms with Crippen molar-refractivity contribution in [3.05, 3.63) is 29.3 Å². The van der Waals surface area contributed by atoms with Crippen molar-refractivity contribution >= 4 is 17.6 Å². The summed E-state index contributed by atoms with van der Waals surface area (Å²) in [7, 11) is 0. The monoisotopic (exact) mass is 255 g/mol. The molecule has 5 N–H and O–H groups in total. The summed E-state index contributed by atoms with van der Waals surface area (Å²) < 4.78 is 0. The Hall–Kier alpha value is -2.12. The van der Waals surface area contributed by atoms with Crippen LogP contribution in [0, 0.1) is 0 Å². The minimum Gasteiger partial charge on any atom is -0.478 e. The number of aromatic carboxylic acids is 2. The molecule has 1 aromatic carbocycles. The van der Waals surface area contributed by atoms with Gasteiger partial charge in [-0.2, -0.15) is 0 Å². The molecule has 1 unspecified atom stereocenters. The van der Waals surface area contributed by atoms with E-state index in [1.165, 1.54) is 12.1 Å². The molecule has 98 valence electrons. The number of anilines is 1. The Bertz CT molecular complexity index is 459. The van der Waals surface area contributed by atoms with Gasteiger partial charge in [0.25, 0.3) is 0 Å². The first-order valence-electron chi connectivity index (χ1n) is 5.09. The predicted molar refractivity (Wildman–Crippen MR) is 61.9 cm³/mol. The Morgan fingerprint density at radius 1 is 1.22 bits per heavy atom. The van der Waals surface area contributed by atoms with Crippen molar-refractivity contribution in [1.82, 2.24) is 0 Å². The first-order valence-corrected chi connectivity index (χ1v) is 5.09. The third kappa shape index (κ3) is 3.44. The van der Waals surface area contributed by atoms with Crippen LogP contribution in [0.15, 0.2) is 18.2 Å². The predicted octanol–water partition coefficient (Wildman–Crippen LogP) is -0.152. The maximum Gasteiger partial charge on any atom is 0.337 e. The first kappa shape index (κ1) is 13.9. The summed E-state index contributed by atoms with van der Waals surface area (Å²) in [5.74, 6) is -2.50. The third-order valence-electron chi connectivity index (χ3n) is 2.24. The van der Waals surface area contributed by atoms with Gasteiger partial charge in [-0.25, -0.2) is 9.59 Å². The fraction of sp³-hybridized carbons (Fsp3) is 0.273. The highest BCUT2D eigenvalue weighted by atomic mass is 16.4. The number of carboxylic acids is 2. The minimum atomic E-state index is -1.28. The number of hydrogen-bond acceptors (Lipinski definition) is 5. The van der Waals surface area contributed by atoms with Crippen LogP contribution in [0.1, 0.15) is 20.7 Å². The van der Waals surface area contributed by atoms with E-state index in [4.69, 9.17) is 20.4 Å². The average molecular weight is 255 g/mol. The molecule has 0 spiro atoms. The summed E-state index contributed by atoms with van der Waals surface area (Å²) in [6.07, 6.45) is -1.02. The number of rotatable bonds is 6. The number of benzene rings is 1. The Labute approximate surface area is 102 Å². The zero-order chi connectivity index (χ0) is 13.7. The lowest BCUT2D eigenvalue weighted by molar-refractivity contribution is 0.0696. The molecule has 0 bridgehead atoms. The van der Waals surface area contributed by atoms with Gasteiger partial charge in [0.1, 0.15) is 0 Å². The molecule has 0 saturated heterocycles. The summed E-state index contributed by atoms with van der Waals surface area (Å²) in [5, 5.41) is 38.1. The summed E-state index contributed by atoms with van der Waals surface area (Å²) in [6, 6.07) is 3.58. The van der Waals surface area contributed by atoms with Crippen molar-refractivity contribution in [2.75, 3.05) is 18.5 Å². The number of carboxylic acid groups (broad SMARTS) is 2. The van der Waals surface area contributed by atoms with Gasteiger partial charge in [0.15, 0.2) is 0 Å². The zero-order valence-corrected chi connectivity index (χ0v) is 9.33. The summed E-state index contributed by atoms with van der Waals surface area (Å²) >= 11 is 0. The number of hydrogen-bond donors (Lipinski definition) is 5. The van der Waals surface area contributed by atoms with E-state index in [0.29, 0.717) is 0 Å². The first-order chi connectivity index (χ1) is 8.45. The van der Waals surface area contributed by atoms with Gasteiger partial charge in [-0.05, 0) is 18.2 Å². The molecule has 0 aliphatic heterocycles. The highest BCUT2D eigenvalue weighted by Crippen LogP contribution is 2.18. The molecule has 1 rings (SSSR count). The lowest BCUT2D eigenvalue weighted by Gasteiger charge is -2.12. The summed E-state index contributed by atoms with van der Waals surface area (Å²) in [5.41, 5.74) is -0.166. The van der Waals surface area contributed by atoms with Crippen LogP contribution < -0.4 is 5.32 Å². The fourth-order valence-corrected chi connectivity index (χ4v) is 1.30. The molecule has 0 amide bonds. The SMILES string of the molecule is O=C(O)c1ccc(NCC(O)CO)c(C(=O)O)c1. The smallest absolute Gasteiger partial charge is 0.337 e. The van der Waals surface area contributed by atoms with Gasteiger partial charge in [-0.3, -0.25) is 0 Å². The molecule has 0 aromatic heterocycles. The highest BCUT2D eigenvalue weighted by Gasteiger charge is 2.14. The van der Waals surface area contributed by atoms with Crippen LogP contribution in [-0.4, -0.2) is 51.6 Å². The largest absolute Gasteiger partial charge is 0.478 e. The van der Waals surface area contributed by atoms with E-state index in [1.54, 1.807) is 0 Å². The molecule has 1 atom stereocenters. The Kier molecular flexibility index (Phi) is 4.64. The molecule has 0 aliphatic rings. The highest BCUT2D eigenvalue weighted by molar-refractivity contribution is 5.98. The topological polar surface area (TPSA) is 127 Å². The molecule has 7 nitrogen and oxygen atoms in total. The number of aliphatic hydroxyl groups excluding tert-OH is 2. The van der Waals surface area contributed by atoms with Gasteiger partial charge in [0.05, 0.1) is 23.8 Å². The van der Waals surface area contributed by atoms with E-state index in [0.717, 1.165) is 6.07 Å². The van der Waals surface area contributed by atoms with Gasteiger partial charge in [-0.1, -0.05) is 0 Å². The lowest BCUT2D eigenvalue weighted by Crippen LogP contribution is -2.23. The second kappa shape index (κ2) is 5.99. The molecule has 0 saturated carbocycles. The summed E-state index contributed by atoms with van der Waals surface area (Å²) in [6.45, 7) is -0.494. The number of nitrogens with one attached hydrogen (secondary N) is 1. The van der Waals surface area contributed by atoms with Crippen LogP contribution >= 0.6 is 0 Å². The van der Waals surface area contributed by atoms with Gasteiger partial charge in [0.2, 0.25) is 0 Å². The molecule has 1 aromatic rings. The minimum absolute atomic E-state index is 0.0385. The van der Waals surface area contributed by atoms with Crippen molar-refractivity contribution in [3.63, 3.8) is 0 Å². The van der Waals surface area contributed by atoms with Crippen LogP contribution in [0.3, 0.4) is 0 Å². The van der Waals surface area contributed by atoms with Crippen molar-refractivity contribution in [3.8, 4) is 0 Å². The molecule has 0 heterocycles. The van der Waals surface area contributed by atoms with E-state index < -0.39 is 24.6 Å². The Balaban J connectivity index is 2.97. The van der Waals surface area contributed by atoms with Gasteiger partial charge in [-0.15, -0.1) is 0 Å². The van der Waals surface area contributed by atoms with E-state index >= 15 is 0 Å². The number of carbonyl (C=O) groups is 2. The maximum absolute atomic E-state index is 11.0. The van der Waals surface area contributed by atoms with Crippen LogP contribution in [0.5, 0.6) is 0 Å². The summed E-state index contributed by atoms with van der Waals surface area (Å²) in [4.78, 5) is 21.7. The van der Waals surface area contributed by atoms with Crippen LogP contribution in [0.25, 0.3) is 0 Å². The van der Waals surface area contributed by atoms with Crippen molar-refractivity contribution < 1.29 is 30.0 Å². The second-order valence-corrected chi connectivity index (χ2v) is 3.59. The van der Waals surface area contributed by atoms with Crippen molar-refractivity contribution in [1.29, 1.82) is 0 Å². The molecule has 0 radical (unpaired) electrons. The molecular weight excluding hydrogens is 242 g/mol. The van der Waals surface area contributed by atoms with Gasteiger partial charge >= 0.3 is 11.9 Å². The average Bonchev–Trinajstić information content (AvgIpc) is 2.35. The van der Waals surface area contributed by atoms with E-state index in [-0.39, 0.29) is 23.4 Å². The zero-order valence-electron chi connectivity index (χ0n) is 9.33. The standard InChI is InChI=1S/C11H13NO6/c13-5-7(14)4-12-9-2-1-6(10(15)16)3-8(9)11(17)18/h1-3,7,12-14H,4-5H2,(H,15,16)(H,17,18). The van der Waals surface area contributed by atoms with E-state index in [2.05, 4.69) is 5.32 Å². The third-order valence-corrected chi connectivity index (χ3v) is 2.24. The normalized spacial score (nSPS) is 11.9. The van der Waals surface area contributed by atoms with Crippen molar-refractivity contribution in [2.24, 2.45) is 0 Å². The molecule has 0 aliphatic carbocycles. The van der Waals surface area contributed by atoms with E-state index in [1.807, 2.05) is 0 Å². The fourth-order valence-electron chi connectivity index (χ4n) is 1.30. The Morgan fingerprint density at radius 2 is 1.89 bits per heavy atom. The molecule has 7 heteroatoms. The quantitative estimate of drug-likeness (QED) is 0.478. The second-order valence-electron chi connectivity index (χ2n) is 3.59. The molecular formula is C11H13NO6. The van der Waals surface area contributed by atoms with Crippen LogP contribution in [0.4, 0.5) is 5.69 Å². The maximum atomic E-state index is 11.0. The molecule has 18 heavy (non-hydrogen) atoms. The van der Waals surface area contributed by atoms with Crippen molar-refractivity contribution in [2.45, 2.75) is 6.10 Å². The van der Waals surface area contributed by atoms with Crippen LogP contribution in [0.2, 0.25) is 0 Å². The van der Waals surface area contributed by atoms with E-state index in [9.17, 15) is 9.59 Å². The number of aliphatic hydroxyl groups is 2. The molecule has 0 fully saturated rings. The Morgan fingerprint density at radius 3 is 2.39 bits per heavy atom.